The van der Waals surface area contributed by atoms with Gasteiger partial charge in [0, 0.05) is 11.6 Å². The Morgan fingerprint density at radius 2 is 2.15 bits per heavy atom. The lowest BCUT2D eigenvalue weighted by Crippen LogP contribution is -2.08. The van der Waals surface area contributed by atoms with Gasteiger partial charge in [-0.3, -0.25) is 5.43 Å². The molecule has 1 aliphatic carbocycles. The molecule has 0 atom stereocenters. The van der Waals surface area contributed by atoms with Crippen LogP contribution in [0.3, 0.4) is 0 Å². The van der Waals surface area contributed by atoms with Gasteiger partial charge < -0.3 is 4.98 Å². The highest BCUT2D eigenvalue weighted by atomic mass is 15.3. The lowest BCUT2D eigenvalue weighted by atomic mass is 10.0. The molecule has 1 aliphatic rings. The predicted octanol–water partition coefficient (Wildman–Crippen LogP) is 1.66. The molecule has 4 N–H and O–H groups in total. The smallest absolute Gasteiger partial charge is 0.215 e. The largest absolute Gasteiger partial charge is 0.327 e. The van der Waals surface area contributed by atoms with Gasteiger partial charge in [-0.15, -0.1) is 0 Å². The number of hydrogen-bond donors (Lipinski definition) is 3. The van der Waals surface area contributed by atoms with Crippen molar-refractivity contribution in [3.63, 3.8) is 0 Å². The zero-order valence-corrected chi connectivity index (χ0v) is 7.93. The van der Waals surface area contributed by atoms with Crippen molar-refractivity contribution in [1.82, 2.24) is 9.97 Å². The molecule has 0 radical (unpaired) electrons. The van der Waals surface area contributed by atoms with Crippen molar-refractivity contribution in [2.45, 2.75) is 38.5 Å². The molecule has 4 heteroatoms. The van der Waals surface area contributed by atoms with E-state index in [2.05, 4.69) is 22.3 Å². The number of rotatable bonds is 2. The average molecular weight is 180 g/mol. The molecule has 0 aromatic carbocycles. The van der Waals surface area contributed by atoms with E-state index < -0.39 is 0 Å². The first-order valence-electron chi connectivity index (χ1n) is 4.84. The highest BCUT2D eigenvalue weighted by Gasteiger charge is 2.21. The minimum absolute atomic E-state index is 0.651. The van der Waals surface area contributed by atoms with Crippen molar-refractivity contribution in [2.24, 2.45) is 5.84 Å². The van der Waals surface area contributed by atoms with Gasteiger partial charge in [-0.25, -0.2) is 10.8 Å². The Balaban J connectivity index is 2.22. The summed E-state index contributed by atoms with van der Waals surface area (Å²) in [5.74, 6) is 6.62. The molecule has 1 fully saturated rings. The lowest BCUT2D eigenvalue weighted by Gasteiger charge is -2.05. The van der Waals surface area contributed by atoms with Crippen LogP contribution in [0, 0.1) is 6.92 Å². The van der Waals surface area contributed by atoms with Crippen molar-refractivity contribution in [3.8, 4) is 0 Å². The summed E-state index contributed by atoms with van der Waals surface area (Å²) >= 11 is 0. The maximum atomic E-state index is 5.29. The van der Waals surface area contributed by atoms with Gasteiger partial charge in [-0.05, 0) is 19.8 Å². The Hall–Kier alpha value is -1.03. The van der Waals surface area contributed by atoms with E-state index in [1.165, 1.54) is 31.4 Å². The van der Waals surface area contributed by atoms with E-state index in [1.807, 2.05) is 0 Å². The van der Waals surface area contributed by atoms with Crippen molar-refractivity contribution in [3.05, 3.63) is 11.4 Å². The van der Waals surface area contributed by atoms with Crippen molar-refractivity contribution < 1.29 is 0 Å². The van der Waals surface area contributed by atoms with Crippen LogP contribution in [0.1, 0.15) is 43.0 Å². The van der Waals surface area contributed by atoms with Crippen LogP contribution in [0.2, 0.25) is 0 Å². The van der Waals surface area contributed by atoms with E-state index in [4.69, 9.17) is 5.84 Å². The first kappa shape index (κ1) is 8.56. The van der Waals surface area contributed by atoms with Crippen LogP contribution in [0.25, 0.3) is 0 Å². The SMILES string of the molecule is Cc1[nH]c(NN)nc1C1CCCC1. The van der Waals surface area contributed by atoms with E-state index in [9.17, 15) is 0 Å². The standard InChI is InChI=1S/C9H16N4/c1-6-8(7-4-2-3-5-7)12-9(11-6)13-10/h7H,2-5,10H2,1H3,(H2,11,12,13). The monoisotopic (exact) mass is 180 g/mol. The third-order valence-electron chi connectivity index (χ3n) is 2.80. The number of nitrogen functional groups attached to an aromatic ring is 1. The molecule has 13 heavy (non-hydrogen) atoms. The van der Waals surface area contributed by atoms with Crippen LogP contribution < -0.4 is 11.3 Å². The predicted molar refractivity (Wildman–Crippen MR) is 52.3 cm³/mol. The fraction of sp³-hybridized carbons (Fsp3) is 0.667. The number of nitrogens with two attached hydrogens (primary N) is 1. The van der Waals surface area contributed by atoms with E-state index in [0.717, 1.165) is 5.69 Å². The summed E-state index contributed by atoms with van der Waals surface area (Å²) in [4.78, 5) is 7.54. The molecule has 1 saturated carbocycles. The third kappa shape index (κ3) is 1.54. The van der Waals surface area contributed by atoms with Gasteiger partial charge >= 0.3 is 0 Å². The molecule has 0 saturated heterocycles. The molecule has 0 unspecified atom stereocenters. The lowest BCUT2D eigenvalue weighted by molar-refractivity contribution is 0.697. The normalized spacial score (nSPS) is 18.0. The molecular weight excluding hydrogens is 164 g/mol. The van der Waals surface area contributed by atoms with Gasteiger partial charge in [0.05, 0.1) is 5.69 Å². The van der Waals surface area contributed by atoms with E-state index >= 15 is 0 Å². The molecule has 0 aliphatic heterocycles. The topological polar surface area (TPSA) is 66.7 Å². The average Bonchev–Trinajstić information content (AvgIpc) is 2.72. The van der Waals surface area contributed by atoms with Gasteiger partial charge in [0.25, 0.3) is 0 Å². The summed E-state index contributed by atoms with van der Waals surface area (Å²) in [6.45, 7) is 2.06. The maximum Gasteiger partial charge on any atom is 0.215 e. The molecule has 0 amide bonds. The summed E-state index contributed by atoms with van der Waals surface area (Å²) in [6.07, 6.45) is 5.22. The van der Waals surface area contributed by atoms with E-state index in [0.29, 0.717) is 11.9 Å². The summed E-state index contributed by atoms with van der Waals surface area (Å²) in [5, 5.41) is 0. The summed E-state index contributed by atoms with van der Waals surface area (Å²) in [6, 6.07) is 0. The van der Waals surface area contributed by atoms with E-state index in [-0.39, 0.29) is 0 Å². The summed E-state index contributed by atoms with van der Waals surface area (Å²) < 4.78 is 0. The molecule has 1 heterocycles. The van der Waals surface area contributed by atoms with Gasteiger partial charge in [-0.1, -0.05) is 12.8 Å². The molecule has 1 aromatic heterocycles. The third-order valence-corrected chi connectivity index (χ3v) is 2.80. The van der Waals surface area contributed by atoms with Crippen molar-refractivity contribution in [1.29, 1.82) is 0 Å². The Kier molecular flexibility index (Phi) is 2.22. The van der Waals surface area contributed by atoms with Crippen LogP contribution >= 0.6 is 0 Å². The zero-order chi connectivity index (χ0) is 9.26. The number of anilines is 1. The maximum absolute atomic E-state index is 5.29. The van der Waals surface area contributed by atoms with Gasteiger partial charge in [0.15, 0.2) is 0 Å². The second-order valence-electron chi connectivity index (χ2n) is 3.72. The number of hydrazine groups is 1. The fourth-order valence-electron chi connectivity index (χ4n) is 2.14. The second kappa shape index (κ2) is 3.38. The van der Waals surface area contributed by atoms with Gasteiger partial charge in [0.2, 0.25) is 5.95 Å². The quantitative estimate of drug-likeness (QED) is 0.479. The number of H-pyrrole nitrogens is 1. The fourth-order valence-corrected chi connectivity index (χ4v) is 2.14. The molecule has 72 valence electrons. The number of aryl methyl sites for hydroxylation is 1. The Bertz CT molecular complexity index is 286. The number of imidazole rings is 1. The minimum atomic E-state index is 0.651. The van der Waals surface area contributed by atoms with Crippen LogP contribution in [0.15, 0.2) is 0 Å². The van der Waals surface area contributed by atoms with E-state index in [1.54, 1.807) is 0 Å². The van der Waals surface area contributed by atoms with Crippen LogP contribution in [0.5, 0.6) is 0 Å². The Morgan fingerprint density at radius 1 is 1.46 bits per heavy atom. The minimum Gasteiger partial charge on any atom is -0.327 e. The van der Waals surface area contributed by atoms with Crippen molar-refractivity contribution >= 4 is 5.95 Å². The van der Waals surface area contributed by atoms with Crippen LogP contribution in [-0.4, -0.2) is 9.97 Å². The van der Waals surface area contributed by atoms with Crippen LogP contribution in [-0.2, 0) is 0 Å². The second-order valence-corrected chi connectivity index (χ2v) is 3.72. The highest BCUT2D eigenvalue weighted by molar-refractivity contribution is 5.31. The highest BCUT2D eigenvalue weighted by Crippen LogP contribution is 2.34. The Labute approximate surface area is 77.9 Å². The molecule has 1 aromatic rings. The Morgan fingerprint density at radius 3 is 2.69 bits per heavy atom. The number of nitrogens with zero attached hydrogens (tertiary/aromatic N) is 1. The molecular formula is C9H16N4. The number of aromatic nitrogens is 2. The number of aromatic amines is 1. The van der Waals surface area contributed by atoms with Crippen LogP contribution in [0.4, 0.5) is 5.95 Å². The molecule has 0 bridgehead atoms. The van der Waals surface area contributed by atoms with Gasteiger partial charge in [-0.2, -0.15) is 0 Å². The molecule has 0 spiro atoms. The first-order chi connectivity index (χ1) is 6.31. The van der Waals surface area contributed by atoms with Gasteiger partial charge in [0.1, 0.15) is 0 Å². The number of hydrogen-bond acceptors (Lipinski definition) is 3. The summed E-state index contributed by atoms with van der Waals surface area (Å²) in [7, 11) is 0. The molecule has 4 nitrogen and oxygen atoms in total. The zero-order valence-electron chi connectivity index (χ0n) is 7.93. The van der Waals surface area contributed by atoms with Crippen molar-refractivity contribution in [2.75, 3.05) is 5.43 Å². The number of nitrogens with one attached hydrogen (secondary N) is 2. The first-order valence-corrected chi connectivity index (χ1v) is 4.84. The molecule has 2 rings (SSSR count). The summed E-state index contributed by atoms with van der Waals surface area (Å²) in [5.41, 5.74) is 4.90.